The summed E-state index contributed by atoms with van der Waals surface area (Å²) in [6.07, 6.45) is 2.93. The predicted molar refractivity (Wildman–Crippen MR) is 96.6 cm³/mol. The van der Waals surface area contributed by atoms with Crippen LogP contribution in [0.5, 0.6) is 0 Å². The molecular weight excluding hydrogens is 322 g/mol. The van der Waals surface area contributed by atoms with Crippen molar-refractivity contribution in [2.75, 3.05) is 5.32 Å². The van der Waals surface area contributed by atoms with Crippen molar-refractivity contribution < 1.29 is 9.59 Å². The second-order valence-electron chi connectivity index (χ2n) is 6.11. The van der Waals surface area contributed by atoms with Gasteiger partial charge in [-0.05, 0) is 55.5 Å². The van der Waals surface area contributed by atoms with Crippen LogP contribution < -0.4 is 16.0 Å². The summed E-state index contributed by atoms with van der Waals surface area (Å²) in [5, 5.41) is 10.7. The Balaban J connectivity index is 1.50. The molecule has 1 aromatic heterocycles. The molecule has 126 valence electrons. The first-order valence-electron chi connectivity index (χ1n) is 8.11. The lowest BCUT2D eigenvalue weighted by Gasteiger charge is -2.13. The van der Waals surface area contributed by atoms with Crippen LogP contribution in [0.25, 0.3) is 0 Å². The molecule has 1 unspecified atom stereocenters. The van der Waals surface area contributed by atoms with Crippen LogP contribution in [0.1, 0.15) is 35.0 Å². The monoisotopic (exact) mass is 343 g/mol. The largest absolute Gasteiger partial charge is 0.349 e. The minimum atomic E-state index is -0.195. The van der Waals surface area contributed by atoms with E-state index in [1.807, 2.05) is 18.4 Å². The number of urea groups is 1. The summed E-state index contributed by atoms with van der Waals surface area (Å²) in [6, 6.07) is 11.2. The van der Waals surface area contributed by atoms with Gasteiger partial charge in [-0.25, -0.2) is 4.79 Å². The highest BCUT2D eigenvalue weighted by atomic mass is 32.1. The normalized spacial score (nSPS) is 14.7. The number of rotatable bonds is 6. The standard InChI is InChI=1S/C18H21N3O2S/c1-12(11-16-3-2-10-24-16)19-17(22)13-4-6-14(7-5-13)20-18(23)21-15-8-9-15/h2-7,10,12,15H,8-9,11H2,1H3,(H,19,22)(H2,20,21,23). The SMILES string of the molecule is CC(Cc1cccs1)NC(=O)c1ccc(NC(=O)NC2CC2)cc1. The van der Waals surface area contributed by atoms with Crippen LogP contribution in [0.3, 0.4) is 0 Å². The van der Waals surface area contributed by atoms with Gasteiger partial charge in [-0.3, -0.25) is 4.79 Å². The lowest BCUT2D eigenvalue weighted by Crippen LogP contribution is -2.34. The van der Waals surface area contributed by atoms with E-state index < -0.39 is 0 Å². The molecule has 24 heavy (non-hydrogen) atoms. The zero-order valence-corrected chi connectivity index (χ0v) is 14.4. The van der Waals surface area contributed by atoms with E-state index in [1.165, 1.54) is 4.88 Å². The molecule has 0 aliphatic heterocycles. The predicted octanol–water partition coefficient (Wildman–Crippen LogP) is 3.39. The van der Waals surface area contributed by atoms with Crippen LogP contribution in [0.4, 0.5) is 10.5 Å². The molecule has 3 N–H and O–H groups in total. The number of hydrogen-bond acceptors (Lipinski definition) is 3. The highest BCUT2D eigenvalue weighted by molar-refractivity contribution is 7.09. The third kappa shape index (κ3) is 4.83. The van der Waals surface area contributed by atoms with Crippen LogP contribution >= 0.6 is 11.3 Å². The maximum atomic E-state index is 12.3. The molecule has 1 heterocycles. The Morgan fingerprint density at radius 2 is 1.96 bits per heavy atom. The van der Waals surface area contributed by atoms with Gasteiger partial charge in [-0.2, -0.15) is 0 Å². The molecule has 3 rings (SSSR count). The molecule has 5 nitrogen and oxygen atoms in total. The topological polar surface area (TPSA) is 70.2 Å². The number of amides is 3. The average Bonchev–Trinajstić information content (AvgIpc) is 3.20. The van der Waals surface area contributed by atoms with Gasteiger partial charge in [0, 0.05) is 34.6 Å². The number of carbonyl (C=O) groups excluding carboxylic acids is 2. The number of carbonyl (C=O) groups is 2. The summed E-state index contributed by atoms with van der Waals surface area (Å²) in [4.78, 5) is 25.2. The fourth-order valence-electron chi connectivity index (χ4n) is 2.37. The van der Waals surface area contributed by atoms with Crippen molar-refractivity contribution in [3.63, 3.8) is 0 Å². The molecule has 1 aromatic carbocycles. The average molecular weight is 343 g/mol. The molecule has 0 spiro atoms. The molecular formula is C18H21N3O2S. The molecule has 6 heteroatoms. The van der Waals surface area contributed by atoms with Crippen molar-refractivity contribution in [1.29, 1.82) is 0 Å². The zero-order chi connectivity index (χ0) is 16.9. The summed E-state index contributed by atoms with van der Waals surface area (Å²) in [5.74, 6) is -0.104. The second kappa shape index (κ2) is 7.49. The van der Waals surface area contributed by atoms with Crippen molar-refractivity contribution in [2.45, 2.75) is 38.3 Å². The fourth-order valence-corrected chi connectivity index (χ4v) is 3.21. The Hall–Kier alpha value is -2.34. The molecule has 0 bridgehead atoms. The lowest BCUT2D eigenvalue weighted by atomic mass is 10.1. The molecule has 1 aliphatic carbocycles. The first-order valence-corrected chi connectivity index (χ1v) is 8.99. The lowest BCUT2D eigenvalue weighted by molar-refractivity contribution is 0.0940. The van der Waals surface area contributed by atoms with E-state index in [2.05, 4.69) is 22.0 Å². The Labute approximate surface area is 145 Å². The van der Waals surface area contributed by atoms with Gasteiger partial charge in [0.2, 0.25) is 0 Å². The Morgan fingerprint density at radius 1 is 1.21 bits per heavy atom. The van der Waals surface area contributed by atoms with Gasteiger partial charge in [0.1, 0.15) is 0 Å². The number of nitrogens with one attached hydrogen (secondary N) is 3. The molecule has 0 radical (unpaired) electrons. The van der Waals surface area contributed by atoms with Gasteiger partial charge >= 0.3 is 6.03 Å². The van der Waals surface area contributed by atoms with Crippen LogP contribution in [-0.2, 0) is 6.42 Å². The van der Waals surface area contributed by atoms with E-state index in [0.717, 1.165) is 19.3 Å². The van der Waals surface area contributed by atoms with E-state index in [1.54, 1.807) is 35.6 Å². The van der Waals surface area contributed by atoms with Gasteiger partial charge in [0.25, 0.3) is 5.91 Å². The molecule has 0 saturated heterocycles. The van der Waals surface area contributed by atoms with Crippen molar-refractivity contribution in [1.82, 2.24) is 10.6 Å². The smallest absolute Gasteiger partial charge is 0.319 e. The van der Waals surface area contributed by atoms with Gasteiger partial charge in [0.15, 0.2) is 0 Å². The van der Waals surface area contributed by atoms with Gasteiger partial charge < -0.3 is 16.0 Å². The summed E-state index contributed by atoms with van der Waals surface area (Å²) in [5.41, 5.74) is 1.26. The van der Waals surface area contributed by atoms with E-state index in [0.29, 0.717) is 17.3 Å². The summed E-state index contributed by atoms with van der Waals surface area (Å²) in [7, 11) is 0. The van der Waals surface area contributed by atoms with Crippen molar-refractivity contribution in [2.24, 2.45) is 0 Å². The third-order valence-electron chi connectivity index (χ3n) is 3.78. The minimum absolute atomic E-state index is 0.0678. The molecule has 1 saturated carbocycles. The quantitative estimate of drug-likeness (QED) is 0.752. The summed E-state index contributed by atoms with van der Waals surface area (Å²) in [6.45, 7) is 2.00. The second-order valence-corrected chi connectivity index (χ2v) is 7.14. The van der Waals surface area contributed by atoms with Crippen molar-refractivity contribution in [3.8, 4) is 0 Å². The van der Waals surface area contributed by atoms with E-state index in [4.69, 9.17) is 0 Å². The number of anilines is 1. The van der Waals surface area contributed by atoms with Crippen molar-refractivity contribution in [3.05, 3.63) is 52.2 Å². The molecule has 1 fully saturated rings. The third-order valence-corrected chi connectivity index (χ3v) is 4.68. The van der Waals surface area contributed by atoms with E-state index in [-0.39, 0.29) is 18.0 Å². The van der Waals surface area contributed by atoms with Crippen molar-refractivity contribution >= 4 is 29.0 Å². The summed E-state index contributed by atoms with van der Waals surface area (Å²) >= 11 is 1.69. The maximum Gasteiger partial charge on any atom is 0.319 e. The zero-order valence-electron chi connectivity index (χ0n) is 13.5. The van der Waals surface area contributed by atoms with E-state index >= 15 is 0 Å². The van der Waals surface area contributed by atoms with Crippen LogP contribution in [0.2, 0.25) is 0 Å². The van der Waals surface area contributed by atoms with Crippen LogP contribution in [0, 0.1) is 0 Å². The Kier molecular flexibility index (Phi) is 5.15. The van der Waals surface area contributed by atoms with Crippen LogP contribution in [0.15, 0.2) is 41.8 Å². The Bertz CT molecular complexity index is 694. The number of hydrogen-bond donors (Lipinski definition) is 3. The maximum absolute atomic E-state index is 12.3. The molecule has 3 amide bonds. The summed E-state index contributed by atoms with van der Waals surface area (Å²) < 4.78 is 0. The van der Waals surface area contributed by atoms with E-state index in [9.17, 15) is 9.59 Å². The van der Waals surface area contributed by atoms with Gasteiger partial charge in [-0.15, -0.1) is 11.3 Å². The highest BCUT2D eigenvalue weighted by Gasteiger charge is 2.23. The number of benzene rings is 1. The van der Waals surface area contributed by atoms with Gasteiger partial charge in [0.05, 0.1) is 0 Å². The van der Waals surface area contributed by atoms with Crippen LogP contribution in [-0.4, -0.2) is 24.0 Å². The number of thiophene rings is 1. The first kappa shape index (κ1) is 16.5. The first-order chi connectivity index (χ1) is 11.6. The fraction of sp³-hybridized carbons (Fsp3) is 0.333. The Morgan fingerprint density at radius 3 is 2.58 bits per heavy atom. The highest BCUT2D eigenvalue weighted by Crippen LogP contribution is 2.19. The molecule has 1 atom stereocenters. The minimum Gasteiger partial charge on any atom is -0.349 e. The molecule has 2 aromatic rings. The van der Waals surface area contributed by atoms with Gasteiger partial charge in [-0.1, -0.05) is 6.07 Å². The molecule has 1 aliphatic rings.